The number of aryl methyl sites for hydroxylation is 2. The van der Waals surface area contributed by atoms with E-state index in [9.17, 15) is 5.11 Å². The van der Waals surface area contributed by atoms with Gasteiger partial charge in [0.05, 0.1) is 13.2 Å². The first-order chi connectivity index (χ1) is 8.26. The molecule has 94 valence electrons. The van der Waals surface area contributed by atoms with E-state index in [0.29, 0.717) is 0 Å². The smallest absolute Gasteiger partial charge is 0.125 e. The van der Waals surface area contributed by atoms with Crippen LogP contribution in [0.3, 0.4) is 0 Å². The van der Waals surface area contributed by atoms with Crippen LogP contribution in [-0.2, 0) is 12.8 Å². The van der Waals surface area contributed by atoms with E-state index in [1.54, 1.807) is 7.11 Å². The highest BCUT2D eigenvalue weighted by Crippen LogP contribution is 2.31. The van der Waals surface area contributed by atoms with Crippen LogP contribution in [0.25, 0.3) is 0 Å². The number of methoxy groups -OCH3 is 1. The number of ether oxygens (including phenoxy) is 1. The van der Waals surface area contributed by atoms with Gasteiger partial charge in [0.25, 0.3) is 0 Å². The maximum atomic E-state index is 9.91. The number of aliphatic hydroxyl groups is 1. The van der Waals surface area contributed by atoms with E-state index in [-0.39, 0.29) is 6.54 Å². The van der Waals surface area contributed by atoms with Crippen LogP contribution in [0.2, 0.25) is 0 Å². The molecule has 1 aliphatic rings. The Morgan fingerprint density at radius 3 is 2.47 bits per heavy atom. The molecule has 1 unspecified atom stereocenters. The molecule has 17 heavy (non-hydrogen) atoms. The van der Waals surface area contributed by atoms with E-state index in [0.717, 1.165) is 24.2 Å². The number of aliphatic hydroxyl groups excluding tert-OH is 1. The van der Waals surface area contributed by atoms with Crippen LogP contribution < -0.4 is 10.5 Å². The molecule has 0 heterocycles. The van der Waals surface area contributed by atoms with E-state index >= 15 is 0 Å². The summed E-state index contributed by atoms with van der Waals surface area (Å²) in [6, 6.07) is 4.16. The first kappa shape index (κ1) is 12.4. The summed E-state index contributed by atoms with van der Waals surface area (Å²) in [5.74, 6) is 0.767. The molecule has 1 aromatic rings. The van der Waals surface area contributed by atoms with Gasteiger partial charge in [-0.05, 0) is 48.9 Å². The van der Waals surface area contributed by atoms with Gasteiger partial charge in [0.1, 0.15) is 5.75 Å². The second-order valence-electron chi connectivity index (χ2n) is 4.68. The molecule has 3 heteroatoms. The first-order valence-corrected chi connectivity index (χ1v) is 6.34. The fourth-order valence-corrected chi connectivity index (χ4v) is 2.52. The summed E-state index contributed by atoms with van der Waals surface area (Å²) >= 11 is 0. The lowest BCUT2D eigenvalue weighted by molar-refractivity contribution is 0.182. The summed E-state index contributed by atoms with van der Waals surface area (Å²) in [4.78, 5) is 0. The number of hydrogen-bond donors (Lipinski definition) is 2. The Labute approximate surface area is 103 Å². The molecule has 0 radical (unpaired) electrons. The highest BCUT2D eigenvalue weighted by molar-refractivity contribution is 5.44. The van der Waals surface area contributed by atoms with Gasteiger partial charge in [0.2, 0.25) is 0 Å². The van der Waals surface area contributed by atoms with Gasteiger partial charge in [-0.25, -0.2) is 0 Å². The zero-order chi connectivity index (χ0) is 12.3. The monoisotopic (exact) mass is 235 g/mol. The quantitative estimate of drug-likeness (QED) is 0.787. The number of hydrogen-bond acceptors (Lipinski definition) is 3. The van der Waals surface area contributed by atoms with E-state index in [1.165, 1.54) is 30.4 Å². The lowest BCUT2D eigenvalue weighted by atomic mass is 9.96. The predicted octanol–water partition coefficient (Wildman–Crippen LogP) is 1.96. The molecule has 0 saturated heterocycles. The third-order valence-corrected chi connectivity index (χ3v) is 3.53. The van der Waals surface area contributed by atoms with Gasteiger partial charge in [0.15, 0.2) is 0 Å². The second kappa shape index (κ2) is 5.52. The summed E-state index contributed by atoms with van der Waals surface area (Å²) in [5, 5.41) is 9.91. The molecular weight excluding hydrogens is 214 g/mol. The highest BCUT2D eigenvalue weighted by Gasteiger charge is 2.17. The van der Waals surface area contributed by atoms with Crippen LogP contribution in [0.15, 0.2) is 12.1 Å². The number of fused-ring (bicyclic) bond motifs is 1. The van der Waals surface area contributed by atoms with Gasteiger partial charge >= 0.3 is 0 Å². The molecule has 0 bridgehead atoms. The van der Waals surface area contributed by atoms with Crippen molar-refractivity contribution in [1.82, 2.24) is 0 Å². The van der Waals surface area contributed by atoms with Crippen LogP contribution in [0.1, 0.15) is 42.1 Å². The van der Waals surface area contributed by atoms with E-state index in [2.05, 4.69) is 12.1 Å². The van der Waals surface area contributed by atoms with Crippen molar-refractivity contribution in [3.05, 3.63) is 28.8 Å². The Hall–Kier alpha value is -1.06. The molecule has 0 aromatic heterocycles. The minimum absolute atomic E-state index is 0.231. The fraction of sp³-hybridized carbons (Fsp3) is 0.571. The predicted molar refractivity (Wildman–Crippen MR) is 68.3 cm³/mol. The van der Waals surface area contributed by atoms with E-state index in [4.69, 9.17) is 10.5 Å². The van der Waals surface area contributed by atoms with Crippen molar-refractivity contribution in [2.75, 3.05) is 13.7 Å². The Kier molecular flexibility index (Phi) is 4.02. The summed E-state index contributed by atoms with van der Waals surface area (Å²) < 4.78 is 5.36. The summed E-state index contributed by atoms with van der Waals surface area (Å²) in [6.07, 6.45) is 5.35. The molecule has 0 fully saturated rings. The van der Waals surface area contributed by atoms with Crippen molar-refractivity contribution in [2.45, 2.75) is 38.2 Å². The Morgan fingerprint density at radius 2 is 1.88 bits per heavy atom. The molecule has 2 rings (SSSR count). The molecule has 0 amide bonds. The van der Waals surface area contributed by atoms with Gasteiger partial charge in [-0.3, -0.25) is 0 Å². The van der Waals surface area contributed by atoms with Crippen molar-refractivity contribution in [3.8, 4) is 5.75 Å². The fourth-order valence-electron chi connectivity index (χ4n) is 2.52. The van der Waals surface area contributed by atoms with Crippen molar-refractivity contribution in [3.63, 3.8) is 0 Å². The molecule has 3 N–H and O–H groups in total. The van der Waals surface area contributed by atoms with Crippen LogP contribution in [0.4, 0.5) is 0 Å². The van der Waals surface area contributed by atoms with Crippen LogP contribution in [-0.4, -0.2) is 18.8 Å². The molecule has 1 aromatic carbocycles. The van der Waals surface area contributed by atoms with Gasteiger partial charge in [0, 0.05) is 12.1 Å². The van der Waals surface area contributed by atoms with Crippen LogP contribution in [0, 0.1) is 0 Å². The third kappa shape index (κ3) is 2.61. The SMILES string of the molecule is COc1cc2c(cc1C(O)CN)CCCCC2. The van der Waals surface area contributed by atoms with Gasteiger partial charge < -0.3 is 15.6 Å². The summed E-state index contributed by atoms with van der Waals surface area (Å²) in [7, 11) is 1.64. The maximum absolute atomic E-state index is 9.91. The van der Waals surface area contributed by atoms with Crippen molar-refractivity contribution in [1.29, 1.82) is 0 Å². The molecule has 1 atom stereocenters. The number of rotatable bonds is 3. The summed E-state index contributed by atoms with van der Waals surface area (Å²) in [6.45, 7) is 0.231. The lowest BCUT2D eigenvalue weighted by Gasteiger charge is -2.17. The zero-order valence-corrected chi connectivity index (χ0v) is 10.4. The van der Waals surface area contributed by atoms with Gasteiger partial charge in [-0.1, -0.05) is 6.42 Å². The van der Waals surface area contributed by atoms with Crippen molar-refractivity contribution < 1.29 is 9.84 Å². The van der Waals surface area contributed by atoms with Gasteiger partial charge in [-0.2, -0.15) is 0 Å². The minimum atomic E-state index is -0.626. The molecule has 1 aliphatic carbocycles. The first-order valence-electron chi connectivity index (χ1n) is 6.34. The van der Waals surface area contributed by atoms with Gasteiger partial charge in [-0.15, -0.1) is 0 Å². The maximum Gasteiger partial charge on any atom is 0.125 e. The normalized spacial score (nSPS) is 17.1. The molecular formula is C14H21NO2. The number of nitrogens with two attached hydrogens (primary N) is 1. The Morgan fingerprint density at radius 1 is 1.24 bits per heavy atom. The second-order valence-corrected chi connectivity index (χ2v) is 4.68. The average molecular weight is 235 g/mol. The molecule has 3 nitrogen and oxygen atoms in total. The van der Waals surface area contributed by atoms with Crippen molar-refractivity contribution >= 4 is 0 Å². The summed E-state index contributed by atoms with van der Waals surface area (Å²) in [5.41, 5.74) is 9.08. The Bertz CT molecular complexity index is 390. The number of benzene rings is 1. The van der Waals surface area contributed by atoms with Crippen molar-refractivity contribution in [2.24, 2.45) is 5.73 Å². The standard InChI is InChI=1S/C14H21NO2/c1-17-14-8-11-6-4-2-3-5-10(11)7-12(14)13(16)9-15/h7-8,13,16H,2-6,9,15H2,1H3. The highest BCUT2D eigenvalue weighted by atomic mass is 16.5. The van der Waals surface area contributed by atoms with E-state index in [1.807, 2.05) is 0 Å². The van der Waals surface area contributed by atoms with Crippen LogP contribution in [0.5, 0.6) is 5.75 Å². The Balaban J connectivity index is 2.42. The molecule has 0 aliphatic heterocycles. The lowest BCUT2D eigenvalue weighted by Crippen LogP contribution is -2.13. The molecule has 0 spiro atoms. The van der Waals surface area contributed by atoms with Crippen LogP contribution >= 0.6 is 0 Å². The topological polar surface area (TPSA) is 55.5 Å². The third-order valence-electron chi connectivity index (χ3n) is 3.53. The molecule has 0 saturated carbocycles. The average Bonchev–Trinajstić information content (AvgIpc) is 2.60. The zero-order valence-electron chi connectivity index (χ0n) is 10.4. The van der Waals surface area contributed by atoms with E-state index < -0.39 is 6.10 Å². The largest absolute Gasteiger partial charge is 0.496 e. The minimum Gasteiger partial charge on any atom is -0.496 e.